The smallest absolute Gasteiger partial charge is 0.158 e. The van der Waals surface area contributed by atoms with Crippen molar-refractivity contribution in [3.8, 4) is 0 Å². The Bertz CT molecular complexity index is 243. The van der Waals surface area contributed by atoms with E-state index >= 15 is 0 Å². The molecule has 0 spiro atoms. The molecule has 3 heteroatoms. The maximum atomic E-state index is 11.6. The van der Waals surface area contributed by atoms with Gasteiger partial charge < -0.3 is 0 Å². The van der Waals surface area contributed by atoms with Gasteiger partial charge >= 0.3 is 0 Å². The van der Waals surface area contributed by atoms with E-state index in [9.17, 15) is 8.42 Å². The van der Waals surface area contributed by atoms with E-state index < -0.39 is 14.6 Å². The first kappa shape index (κ1) is 9.04. The topological polar surface area (TPSA) is 34.1 Å². The minimum atomic E-state index is -2.82. The molecule has 0 aliphatic carbocycles. The number of rotatable bonds is 1. The van der Waals surface area contributed by atoms with Gasteiger partial charge in [0.1, 0.15) is 0 Å². The average Bonchev–Trinajstić information content (AvgIpc) is 2.15. The fourth-order valence-electron chi connectivity index (χ4n) is 1.67. The van der Waals surface area contributed by atoms with Crippen LogP contribution in [0.1, 0.15) is 40.0 Å². The quantitative estimate of drug-likeness (QED) is 0.610. The molecule has 1 fully saturated rings. The van der Waals surface area contributed by atoms with Crippen LogP contribution in [0.25, 0.3) is 0 Å². The van der Waals surface area contributed by atoms with E-state index in [2.05, 4.69) is 0 Å². The highest BCUT2D eigenvalue weighted by molar-refractivity contribution is 7.93. The van der Waals surface area contributed by atoms with Crippen LogP contribution in [0, 0.1) is 0 Å². The zero-order valence-electron chi connectivity index (χ0n) is 7.42. The second kappa shape index (κ2) is 2.47. The molecule has 0 radical (unpaired) electrons. The Hall–Kier alpha value is -0.0500. The highest BCUT2D eigenvalue weighted by atomic mass is 32.2. The summed E-state index contributed by atoms with van der Waals surface area (Å²) in [7, 11) is -2.82. The average molecular weight is 176 g/mol. The molecule has 0 bridgehead atoms. The van der Waals surface area contributed by atoms with Crippen LogP contribution in [-0.2, 0) is 9.84 Å². The molecule has 0 aromatic heterocycles. The van der Waals surface area contributed by atoms with Gasteiger partial charge in [0.2, 0.25) is 0 Å². The van der Waals surface area contributed by atoms with Gasteiger partial charge in [-0.05, 0) is 33.1 Å². The van der Waals surface area contributed by atoms with Crippen LogP contribution in [0.4, 0.5) is 0 Å². The van der Waals surface area contributed by atoms with Gasteiger partial charge in [-0.25, -0.2) is 8.42 Å². The molecule has 2 unspecified atom stereocenters. The van der Waals surface area contributed by atoms with E-state index in [-0.39, 0.29) is 5.25 Å². The zero-order chi connectivity index (χ0) is 8.70. The Balaban J connectivity index is 3.06. The molecule has 11 heavy (non-hydrogen) atoms. The Morgan fingerprint density at radius 3 is 2.27 bits per heavy atom. The first-order valence-corrected chi connectivity index (χ1v) is 5.72. The minimum absolute atomic E-state index is 0.118. The fraction of sp³-hybridized carbons (Fsp3) is 1.00. The van der Waals surface area contributed by atoms with E-state index in [1.165, 1.54) is 0 Å². The van der Waals surface area contributed by atoms with E-state index in [0.29, 0.717) is 0 Å². The molecule has 0 aromatic carbocycles. The molecule has 1 rings (SSSR count). The van der Waals surface area contributed by atoms with Crippen LogP contribution in [0.2, 0.25) is 0 Å². The summed E-state index contributed by atoms with van der Waals surface area (Å²) in [4.78, 5) is 0. The lowest BCUT2D eigenvalue weighted by molar-refractivity contribution is 0.525. The summed E-state index contributed by atoms with van der Waals surface area (Å²) in [5.41, 5.74) is 0. The van der Waals surface area contributed by atoms with Gasteiger partial charge in [0.05, 0.1) is 10.00 Å². The predicted molar refractivity (Wildman–Crippen MR) is 46.3 cm³/mol. The maximum absolute atomic E-state index is 11.6. The van der Waals surface area contributed by atoms with Crippen molar-refractivity contribution < 1.29 is 8.42 Å². The zero-order valence-corrected chi connectivity index (χ0v) is 8.24. The van der Waals surface area contributed by atoms with Crippen LogP contribution >= 0.6 is 0 Å². The van der Waals surface area contributed by atoms with Crippen LogP contribution in [0.5, 0.6) is 0 Å². The van der Waals surface area contributed by atoms with Crippen molar-refractivity contribution in [1.82, 2.24) is 0 Å². The second-order valence-electron chi connectivity index (χ2n) is 3.70. The largest absolute Gasteiger partial charge is 0.228 e. The Kier molecular flexibility index (Phi) is 2.03. The summed E-state index contributed by atoms with van der Waals surface area (Å²) in [5, 5.41) is -0.118. The van der Waals surface area contributed by atoms with Gasteiger partial charge in [0.15, 0.2) is 9.84 Å². The monoisotopic (exact) mass is 176 g/mol. The number of hydrogen-bond acceptors (Lipinski definition) is 2. The van der Waals surface area contributed by atoms with E-state index in [1.807, 2.05) is 20.8 Å². The van der Waals surface area contributed by atoms with E-state index in [4.69, 9.17) is 0 Å². The van der Waals surface area contributed by atoms with Crippen molar-refractivity contribution in [3.05, 3.63) is 0 Å². The molecule has 2 atom stereocenters. The minimum Gasteiger partial charge on any atom is -0.228 e. The van der Waals surface area contributed by atoms with Crippen molar-refractivity contribution in [1.29, 1.82) is 0 Å². The summed E-state index contributed by atoms with van der Waals surface area (Å²) in [5.74, 6) is 0. The van der Waals surface area contributed by atoms with E-state index in [1.54, 1.807) is 0 Å². The lowest BCUT2D eigenvalue weighted by atomic mass is 10.0. The van der Waals surface area contributed by atoms with Crippen molar-refractivity contribution in [2.75, 3.05) is 0 Å². The van der Waals surface area contributed by atoms with Crippen molar-refractivity contribution in [2.24, 2.45) is 0 Å². The molecule has 0 amide bonds. The lowest BCUT2D eigenvalue weighted by Crippen LogP contribution is -2.32. The highest BCUT2D eigenvalue weighted by Gasteiger charge is 2.46. The van der Waals surface area contributed by atoms with Gasteiger partial charge in [0.25, 0.3) is 0 Å². The molecular formula is C8H16O2S. The molecule has 1 heterocycles. The molecule has 66 valence electrons. The Morgan fingerprint density at radius 2 is 2.09 bits per heavy atom. The standard InChI is InChI=1S/C8H16O2S/c1-4-8(3)6-5-7(2)11(8,9)10/h7H,4-6H2,1-3H3. The number of hydrogen-bond donors (Lipinski definition) is 0. The molecule has 0 aromatic rings. The summed E-state index contributed by atoms with van der Waals surface area (Å²) >= 11 is 0. The van der Waals surface area contributed by atoms with Crippen molar-refractivity contribution in [3.63, 3.8) is 0 Å². The highest BCUT2D eigenvalue weighted by Crippen LogP contribution is 2.38. The van der Waals surface area contributed by atoms with Gasteiger partial charge in [-0.3, -0.25) is 0 Å². The van der Waals surface area contributed by atoms with Crippen LogP contribution < -0.4 is 0 Å². The van der Waals surface area contributed by atoms with E-state index in [0.717, 1.165) is 19.3 Å². The van der Waals surface area contributed by atoms with Gasteiger partial charge in [-0.1, -0.05) is 6.92 Å². The fourth-order valence-corrected chi connectivity index (χ4v) is 3.87. The van der Waals surface area contributed by atoms with Gasteiger partial charge in [-0.15, -0.1) is 0 Å². The normalized spacial score (nSPS) is 42.6. The molecule has 1 aliphatic rings. The molecule has 0 saturated carbocycles. The van der Waals surface area contributed by atoms with Gasteiger partial charge in [-0.2, -0.15) is 0 Å². The predicted octanol–water partition coefficient (Wildman–Crippen LogP) is 1.75. The molecule has 1 saturated heterocycles. The maximum Gasteiger partial charge on any atom is 0.158 e. The van der Waals surface area contributed by atoms with Crippen LogP contribution in [0.15, 0.2) is 0 Å². The first-order valence-electron chi connectivity index (χ1n) is 4.17. The summed E-state index contributed by atoms with van der Waals surface area (Å²) in [6.45, 7) is 5.64. The third kappa shape index (κ3) is 1.10. The summed E-state index contributed by atoms with van der Waals surface area (Å²) in [6, 6.07) is 0. The Morgan fingerprint density at radius 1 is 1.55 bits per heavy atom. The molecular weight excluding hydrogens is 160 g/mol. The molecule has 1 aliphatic heterocycles. The van der Waals surface area contributed by atoms with Crippen LogP contribution in [0.3, 0.4) is 0 Å². The third-order valence-electron chi connectivity index (χ3n) is 3.04. The summed E-state index contributed by atoms with van der Waals surface area (Å²) < 4.78 is 22.9. The second-order valence-corrected chi connectivity index (χ2v) is 6.58. The third-order valence-corrected chi connectivity index (χ3v) is 6.21. The first-order chi connectivity index (χ1) is 4.94. The van der Waals surface area contributed by atoms with Crippen molar-refractivity contribution >= 4 is 9.84 Å². The SMILES string of the molecule is CCC1(C)CCC(C)S1(=O)=O. The van der Waals surface area contributed by atoms with Crippen LogP contribution in [-0.4, -0.2) is 18.4 Å². The van der Waals surface area contributed by atoms with Crippen molar-refractivity contribution in [2.45, 2.75) is 50.0 Å². The lowest BCUT2D eigenvalue weighted by Gasteiger charge is -2.21. The molecule has 0 N–H and O–H groups in total. The Labute approximate surface area is 68.9 Å². The summed E-state index contributed by atoms with van der Waals surface area (Å²) in [6.07, 6.45) is 2.43. The molecule has 2 nitrogen and oxygen atoms in total. The van der Waals surface area contributed by atoms with Gasteiger partial charge in [0, 0.05) is 0 Å². The number of sulfone groups is 1.